The van der Waals surface area contributed by atoms with E-state index in [0.29, 0.717) is 20.4 Å². The minimum atomic E-state index is -4.81. The lowest BCUT2D eigenvalue weighted by molar-refractivity contribution is -0.257. The van der Waals surface area contributed by atoms with Gasteiger partial charge in [-0.15, -0.1) is 0 Å². The van der Waals surface area contributed by atoms with Crippen LogP contribution in [0.2, 0.25) is 5.15 Å². The third-order valence-electron chi connectivity index (χ3n) is 5.70. The number of aliphatic hydroxyl groups excluding tert-OH is 1. The van der Waals surface area contributed by atoms with Gasteiger partial charge in [0.2, 0.25) is 5.60 Å². The molecule has 2 N–H and O–H groups in total. The number of fused-ring (bicyclic) bond motifs is 1. The summed E-state index contributed by atoms with van der Waals surface area (Å²) in [5, 5.41) is 22.4. The molecule has 11 nitrogen and oxygen atoms in total. The lowest BCUT2D eigenvalue weighted by atomic mass is 10.1. The molecule has 0 bridgehead atoms. The van der Waals surface area contributed by atoms with Gasteiger partial charge < -0.3 is 19.7 Å². The highest BCUT2D eigenvalue weighted by atomic mass is 35.5. The lowest BCUT2D eigenvalue weighted by Gasteiger charge is -2.36. The van der Waals surface area contributed by atoms with Crippen molar-refractivity contribution in [3.63, 3.8) is 0 Å². The monoisotopic (exact) mass is 583 g/mol. The number of aromatic nitrogens is 2. The molecule has 0 radical (unpaired) electrons. The van der Waals surface area contributed by atoms with Crippen LogP contribution < -0.4 is 9.04 Å². The van der Waals surface area contributed by atoms with E-state index in [-0.39, 0.29) is 27.0 Å². The number of alkyl halides is 3. The van der Waals surface area contributed by atoms with Gasteiger partial charge in [0.05, 0.1) is 18.7 Å². The number of rotatable bonds is 9. The number of esters is 1. The summed E-state index contributed by atoms with van der Waals surface area (Å²) >= 11 is 6.08. The maximum absolute atomic E-state index is 13.6. The highest BCUT2D eigenvalue weighted by Gasteiger charge is 2.50. The molecule has 1 aliphatic heterocycles. The van der Waals surface area contributed by atoms with Gasteiger partial charge in [-0.2, -0.15) is 18.3 Å². The normalized spacial score (nSPS) is 16.9. The number of aliphatic carboxylic acids is 1. The van der Waals surface area contributed by atoms with E-state index in [0.717, 1.165) is 4.31 Å². The summed E-state index contributed by atoms with van der Waals surface area (Å²) in [6, 6.07) is 3.84. The molecule has 1 unspecified atom stereocenters. The number of carboxylic acid groups (broad SMARTS) is 1. The molecule has 0 aliphatic carbocycles. The van der Waals surface area contributed by atoms with E-state index in [9.17, 15) is 36.3 Å². The Morgan fingerprint density at radius 2 is 1.97 bits per heavy atom. The van der Waals surface area contributed by atoms with Crippen LogP contribution in [0.4, 0.5) is 18.9 Å². The van der Waals surface area contributed by atoms with Crippen LogP contribution in [0.1, 0.15) is 32.8 Å². The molecule has 0 amide bonds. The van der Waals surface area contributed by atoms with Crippen LogP contribution in [0.25, 0.3) is 0 Å². The number of aliphatic hydroxyl groups is 1. The number of halogens is 4. The van der Waals surface area contributed by atoms with Crippen LogP contribution in [0.3, 0.4) is 0 Å². The van der Waals surface area contributed by atoms with E-state index in [1.807, 2.05) is 0 Å². The van der Waals surface area contributed by atoms with Crippen LogP contribution in [0.5, 0.6) is 5.75 Å². The Bertz CT molecular complexity index is 1330. The van der Waals surface area contributed by atoms with Crippen molar-refractivity contribution < 1.29 is 50.9 Å². The minimum absolute atomic E-state index is 0.0332. The fraction of sp³-hybridized carbons (Fsp3) is 0.500. The van der Waals surface area contributed by atoms with E-state index in [1.165, 1.54) is 29.1 Å². The van der Waals surface area contributed by atoms with Crippen LogP contribution in [-0.2, 0) is 37.3 Å². The fourth-order valence-corrected chi connectivity index (χ4v) is 5.49. The van der Waals surface area contributed by atoms with E-state index in [1.54, 1.807) is 6.92 Å². The average molecular weight is 584 g/mol. The summed E-state index contributed by atoms with van der Waals surface area (Å²) in [5.74, 6) is -2.76. The number of carbonyl (C=O) groups excluding carboxylic acids is 1. The van der Waals surface area contributed by atoms with Gasteiger partial charge in [0.25, 0.3) is 10.0 Å². The van der Waals surface area contributed by atoms with Crippen molar-refractivity contribution in [1.29, 1.82) is 0 Å². The predicted octanol–water partition coefficient (Wildman–Crippen LogP) is 2.77. The molecule has 38 heavy (non-hydrogen) atoms. The summed E-state index contributed by atoms with van der Waals surface area (Å²) in [7, 11) is -4.43. The molecule has 0 saturated carbocycles. The summed E-state index contributed by atoms with van der Waals surface area (Å²) in [6.07, 6.45) is -7.61. The Kier molecular flexibility index (Phi) is 8.24. The van der Waals surface area contributed by atoms with Crippen molar-refractivity contribution in [3.05, 3.63) is 35.1 Å². The van der Waals surface area contributed by atoms with Crippen LogP contribution in [0, 0.1) is 0 Å². The molecule has 2 aromatic rings. The number of anilines is 1. The summed E-state index contributed by atoms with van der Waals surface area (Å²) < 4.78 is 79.0. The SMILES string of the molecule is CCn1cc(S(=O)(=O)N2C[C@H](CC(O)C(=O)O)Oc3ccc(CC(=O)OC(C)(C)C(F)(F)F)cc32)c(Cl)n1. The Morgan fingerprint density at radius 3 is 2.53 bits per heavy atom. The van der Waals surface area contributed by atoms with E-state index >= 15 is 0 Å². The third kappa shape index (κ3) is 6.15. The number of hydrogen-bond donors (Lipinski definition) is 2. The predicted molar refractivity (Wildman–Crippen MR) is 126 cm³/mol. The standard InChI is InChI=1S/C22H25ClF3N3O8S/c1-4-28-11-17(19(23)27-28)38(34,35)29-10-13(9-15(30)20(32)33)36-16-6-5-12(7-14(16)29)8-18(31)37-21(2,3)22(24,25)26/h5-7,11,13,15,30H,4,8-10H2,1-3H3,(H,32,33)/t13-,15?/m0/s1. The first kappa shape index (κ1) is 29.5. The van der Waals surface area contributed by atoms with E-state index in [2.05, 4.69) is 9.84 Å². The summed E-state index contributed by atoms with van der Waals surface area (Å²) in [5.41, 5.74) is -2.70. The van der Waals surface area contributed by atoms with Gasteiger partial charge in [-0.3, -0.25) is 13.8 Å². The number of ether oxygens (including phenoxy) is 2. The fourth-order valence-electron chi connectivity index (χ4n) is 3.55. The zero-order valence-corrected chi connectivity index (χ0v) is 22.0. The zero-order valence-electron chi connectivity index (χ0n) is 20.4. The van der Waals surface area contributed by atoms with Crippen molar-refractivity contribution in [2.45, 2.75) is 69.0 Å². The van der Waals surface area contributed by atoms with Gasteiger partial charge in [0.15, 0.2) is 11.3 Å². The van der Waals surface area contributed by atoms with Gasteiger partial charge in [-0.05, 0) is 38.5 Å². The second kappa shape index (κ2) is 10.6. The quantitative estimate of drug-likeness (QED) is 0.425. The lowest BCUT2D eigenvalue weighted by Crippen LogP contribution is -2.45. The number of sulfonamides is 1. The van der Waals surface area contributed by atoms with Crippen LogP contribution in [0.15, 0.2) is 29.3 Å². The van der Waals surface area contributed by atoms with Gasteiger partial charge in [-0.25, -0.2) is 13.2 Å². The summed E-state index contributed by atoms with van der Waals surface area (Å²) in [6.45, 7) is 2.97. The van der Waals surface area contributed by atoms with Crippen LogP contribution in [-0.4, -0.2) is 70.9 Å². The van der Waals surface area contributed by atoms with E-state index in [4.69, 9.17) is 21.4 Å². The Morgan fingerprint density at radius 1 is 1.32 bits per heavy atom. The van der Waals surface area contributed by atoms with Crippen molar-refractivity contribution in [2.24, 2.45) is 0 Å². The smallest absolute Gasteiger partial charge is 0.427 e. The molecule has 2 heterocycles. The maximum Gasteiger partial charge on any atom is 0.427 e. The second-order valence-corrected chi connectivity index (χ2v) is 11.2. The second-order valence-electron chi connectivity index (χ2n) is 8.97. The van der Waals surface area contributed by atoms with Crippen molar-refractivity contribution >= 4 is 39.3 Å². The maximum atomic E-state index is 13.6. The Balaban J connectivity index is 2.00. The molecule has 0 fully saturated rings. The molecule has 16 heteroatoms. The topological polar surface area (TPSA) is 148 Å². The Labute approximate surface area is 220 Å². The van der Waals surface area contributed by atoms with E-state index < -0.39 is 65.3 Å². The molecule has 2 atom stereocenters. The molecule has 1 aromatic heterocycles. The Hall–Kier alpha value is -3.04. The molecule has 210 valence electrons. The first-order valence-electron chi connectivity index (χ1n) is 11.2. The largest absolute Gasteiger partial charge is 0.486 e. The van der Waals surface area contributed by atoms with Gasteiger partial charge in [-0.1, -0.05) is 17.7 Å². The number of benzene rings is 1. The minimum Gasteiger partial charge on any atom is -0.486 e. The molecule has 3 rings (SSSR count). The van der Waals surface area contributed by atoms with Crippen LogP contribution >= 0.6 is 11.6 Å². The molecule has 0 saturated heterocycles. The number of hydrogen-bond acceptors (Lipinski definition) is 8. The molecule has 0 spiro atoms. The molecular formula is C22H25ClF3N3O8S. The zero-order chi connectivity index (χ0) is 28.6. The first-order valence-corrected chi connectivity index (χ1v) is 13.0. The highest BCUT2D eigenvalue weighted by Crippen LogP contribution is 2.40. The first-order chi connectivity index (χ1) is 17.5. The molecule has 1 aromatic carbocycles. The van der Waals surface area contributed by atoms with Gasteiger partial charge in [0, 0.05) is 19.2 Å². The number of carboxylic acids is 1. The van der Waals surface area contributed by atoms with Gasteiger partial charge >= 0.3 is 18.1 Å². The number of carbonyl (C=O) groups is 2. The highest BCUT2D eigenvalue weighted by molar-refractivity contribution is 7.93. The van der Waals surface area contributed by atoms with Crippen molar-refractivity contribution in [1.82, 2.24) is 9.78 Å². The molecule has 1 aliphatic rings. The number of nitrogens with zero attached hydrogens (tertiary/aromatic N) is 3. The summed E-state index contributed by atoms with van der Waals surface area (Å²) in [4.78, 5) is 23.0. The van der Waals surface area contributed by atoms with Crippen molar-refractivity contribution in [3.8, 4) is 5.75 Å². The number of aryl methyl sites for hydroxylation is 1. The molecular weight excluding hydrogens is 559 g/mol. The van der Waals surface area contributed by atoms with Crippen molar-refractivity contribution in [2.75, 3.05) is 10.8 Å². The third-order valence-corrected chi connectivity index (χ3v) is 7.88. The van der Waals surface area contributed by atoms with Gasteiger partial charge in [0.1, 0.15) is 16.7 Å². The average Bonchev–Trinajstić information content (AvgIpc) is 3.19.